The van der Waals surface area contributed by atoms with Crippen LogP contribution in [-0.2, 0) is 47.4 Å². The van der Waals surface area contributed by atoms with Crippen LogP contribution < -0.4 is 0 Å². The van der Waals surface area contributed by atoms with E-state index < -0.39 is 0 Å². The second-order valence-electron chi connectivity index (χ2n) is 8.22. The Bertz CT molecular complexity index is 439. The van der Waals surface area contributed by atoms with E-state index >= 15 is 0 Å². The van der Waals surface area contributed by atoms with E-state index in [4.69, 9.17) is 42.6 Å². The lowest BCUT2D eigenvalue weighted by atomic mass is 10.1. The number of ether oxygens (including phenoxy) is 9. The van der Waals surface area contributed by atoms with E-state index in [1.807, 2.05) is 0 Å². The van der Waals surface area contributed by atoms with Crippen LogP contribution in [0.4, 0.5) is 0 Å². The number of unbranched alkanes of at least 4 members (excludes halogenated alkanes) is 5. The molecular formula is C27H54O10. The Morgan fingerprint density at radius 3 is 1.11 bits per heavy atom. The fraction of sp³-hybridized carbons (Fsp3) is 0.963. The fourth-order valence-corrected chi connectivity index (χ4v) is 3.01. The van der Waals surface area contributed by atoms with Crippen LogP contribution in [0.25, 0.3) is 0 Å². The smallest absolute Gasteiger partial charge is 0.308 e. The van der Waals surface area contributed by atoms with Gasteiger partial charge in [-0.3, -0.25) is 4.79 Å². The summed E-state index contributed by atoms with van der Waals surface area (Å²) in [7, 11) is 0. The van der Waals surface area contributed by atoms with Crippen LogP contribution in [0.2, 0.25) is 0 Å². The lowest BCUT2D eigenvalue weighted by Gasteiger charge is -2.08. The lowest BCUT2D eigenvalue weighted by molar-refractivity contribution is -0.144. The molecule has 222 valence electrons. The number of carbonyl (C=O) groups is 1. The van der Waals surface area contributed by atoms with E-state index in [1.165, 1.54) is 32.1 Å². The summed E-state index contributed by atoms with van der Waals surface area (Å²) in [4.78, 5) is 11.1. The highest BCUT2D eigenvalue weighted by Gasteiger charge is 2.00. The minimum Gasteiger partial charge on any atom is -0.466 e. The van der Waals surface area contributed by atoms with Gasteiger partial charge in [0.25, 0.3) is 0 Å². The second kappa shape index (κ2) is 33.2. The molecule has 0 rings (SSSR count). The molecule has 0 atom stereocenters. The van der Waals surface area contributed by atoms with Gasteiger partial charge < -0.3 is 42.6 Å². The highest BCUT2D eigenvalue weighted by atomic mass is 16.6. The van der Waals surface area contributed by atoms with Crippen LogP contribution in [0, 0.1) is 0 Å². The molecule has 37 heavy (non-hydrogen) atoms. The zero-order valence-electron chi connectivity index (χ0n) is 23.6. The number of hydrogen-bond donors (Lipinski definition) is 0. The molecule has 0 aliphatic carbocycles. The maximum Gasteiger partial charge on any atom is 0.308 e. The summed E-state index contributed by atoms with van der Waals surface area (Å²) in [5.74, 6) is -0.244. The first-order valence-electron chi connectivity index (χ1n) is 14.1. The summed E-state index contributed by atoms with van der Waals surface area (Å²) >= 11 is 0. The molecule has 0 radical (unpaired) electrons. The Balaban J connectivity index is 3.04. The first-order chi connectivity index (χ1) is 18.3. The van der Waals surface area contributed by atoms with Crippen molar-refractivity contribution in [2.24, 2.45) is 0 Å². The van der Waals surface area contributed by atoms with Gasteiger partial charge in [-0.15, -0.1) is 0 Å². The van der Waals surface area contributed by atoms with Crippen LogP contribution in [0.3, 0.4) is 0 Å². The highest BCUT2D eigenvalue weighted by molar-refractivity contribution is 5.69. The van der Waals surface area contributed by atoms with E-state index in [2.05, 4.69) is 6.92 Å². The first kappa shape index (κ1) is 36.1. The summed E-state index contributed by atoms with van der Waals surface area (Å²) < 4.78 is 48.4. The van der Waals surface area contributed by atoms with E-state index in [-0.39, 0.29) is 12.4 Å². The van der Waals surface area contributed by atoms with Gasteiger partial charge in [-0.2, -0.15) is 0 Å². The van der Waals surface area contributed by atoms with Gasteiger partial charge in [-0.25, -0.2) is 0 Å². The number of carbonyl (C=O) groups excluding carboxylic acids is 1. The summed E-state index contributed by atoms with van der Waals surface area (Å²) in [5, 5.41) is 0. The van der Waals surface area contributed by atoms with Crippen molar-refractivity contribution in [3.8, 4) is 0 Å². The summed E-state index contributed by atoms with van der Waals surface area (Å²) in [5.41, 5.74) is 0. The molecule has 10 heteroatoms. The summed E-state index contributed by atoms with van der Waals surface area (Å²) in [6, 6.07) is 0. The third kappa shape index (κ3) is 33.1. The normalized spacial score (nSPS) is 11.3. The molecule has 0 spiro atoms. The Morgan fingerprint density at radius 1 is 0.405 bits per heavy atom. The van der Waals surface area contributed by atoms with E-state index in [0.717, 1.165) is 13.0 Å². The van der Waals surface area contributed by atoms with Gasteiger partial charge >= 0.3 is 5.97 Å². The van der Waals surface area contributed by atoms with Gasteiger partial charge in [0.1, 0.15) is 0 Å². The SMILES string of the molecule is CCCCCCCCOCCOCCOCCOCCOCCOCCOCCOCCC(=O)OCC. The molecule has 0 aliphatic heterocycles. The molecule has 0 aliphatic rings. The first-order valence-corrected chi connectivity index (χ1v) is 14.1. The average Bonchev–Trinajstić information content (AvgIpc) is 2.90. The molecule has 0 aromatic carbocycles. The molecule has 0 amide bonds. The van der Waals surface area contributed by atoms with Crippen molar-refractivity contribution in [3.63, 3.8) is 0 Å². The van der Waals surface area contributed by atoms with Gasteiger partial charge in [0.2, 0.25) is 0 Å². The summed E-state index contributed by atoms with van der Waals surface area (Å²) in [6.07, 6.45) is 7.95. The molecule has 0 saturated carbocycles. The molecule has 0 bridgehead atoms. The molecule has 0 fully saturated rings. The summed E-state index contributed by atoms with van der Waals surface area (Å²) in [6.45, 7) is 13.0. The molecule has 0 heterocycles. The van der Waals surface area contributed by atoms with E-state index in [9.17, 15) is 4.79 Å². The fourth-order valence-electron chi connectivity index (χ4n) is 3.01. The van der Waals surface area contributed by atoms with Crippen molar-refractivity contribution in [1.29, 1.82) is 0 Å². The quantitative estimate of drug-likeness (QED) is 0.0935. The minimum atomic E-state index is -0.244. The maximum atomic E-state index is 11.1. The Hall–Kier alpha value is -0.850. The highest BCUT2D eigenvalue weighted by Crippen LogP contribution is 2.04. The number of hydrogen-bond acceptors (Lipinski definition) is 10. The Kier molecular flexibility index (Phi) is 32.4. The molecule has 0 saturated heterocycles. The lowest BCUT2D eigenvalue weighted by Crippen LogP contribution is -2.15. The van der Waals surface area contributed by atoms with Crippen molar-refractivity contribution in [2.45, 2.75) is 58.8 Å². The maximum absolute atomic E-state index is 11.1. The Labute approximate surface area is 224 Å². The van der Waals surface area contributed by atoms with Gasteiger partial charge in [0.15, 0.2) is 0 Å². The molecule has 10 nitrogen and oxygen atoms in total. The van der Waals surface area contributed by atoms with Crippen LogP contribution in [-0.4, -0.2) is 118 Å². The van der Waals surface area contributed by atoms with Crippen LogP contribution in [0.1, 0.15) is 58.8 Å². The predicted octanol–water partition coefficient (Wildman–Crippen LogP) is 3.43. The second-order valence-corrected chi connectivity index (χ2v) is 8.22. The van der Waals surface area contributed by atoms with Crippen LogP contribution in [0.15, 0.2) is 0 Å². The topological polar surface area (TPSA) is 100 Å². The van der Waals surface area contributed by atoms with Gasteiger partial charge in [0, 0.05) is 6.61 Å². The van der Waals surface area contributed by atoms with E-state index in [0.29, 0.717) is 106 Å². The molecule has 0 unspecified atom stereocenters. The Morgan fingerprint density at radius 2 is 0.730 bits per heavy atom. The number of esters is 1. The van der Waals surface area contributed by atoms with Crippen LogP contribution >= 0.6 is 0 Å². The van der Waals surface area contributed by atoms with Crippen molar-refractivity contribution in [2.75, 3.05) is 112 Å². The van der Waals surface area contributed by atoms with Gasteiger partial charge in [-0.1, -0.05) is 39.0 Å². The molecular weight excluding hydrogens is 484 g/mol. The molecule has 0 aromatic heterocycles. The van der Waals surface area contributed by atoms with Crippen molar-refractivity contribution in [3.05, 3.63) is 0 Å². The zero-order valence-corrected chi connectivity index (χ0v) is 23.6. The standard InChI is InChI=1S/C27H54O10/c1-3-5-6-7-8-9-11-29-13-15-31-17-19-33-21-23-35-25-26-36-24-22-34-20-18-32-16-14-30-12-10-27(28)37-4-2/h3-26H2,1-2H3. The third-order valence-electron chi connectivity index (χ3n) is 5.00. The monoisotopic (exact) mass is 538 g/mol. The van der Waals surface area contributed by atoms with Crippen molar-refractivity contribution in [1.82, 2.24) is 0 Å². The van der Waals surface area contributed by atoms with E-state index in [1.54, 1.807) is 6.92 Å². The zero-order chi connectivity index (χ0) is 26.9. The largest absolute Gasteiger partial charge is 0.466 e. The average molecular weight is 539 g/mol. The molecule has 0 aromatic rings. The van der Waals surface area contributed by atoms with Gasteiger partial charge in [-0.05, 0) is 13.3 Å². The van der Waals surface area contributed by atoms with Crippen molar-refractivity contribution < 1.29 is 47.4 Å². The predicted molar refractivity (Wildman–Crippen MR) is 141 cm³/mol. The van der Waals surface area contributed by atoms with Gasteiger partial charge in [0.05, 0.1) is 112 Å². The third-order valence-corrected chi connectivity index (χ3v) is 5.00. The molecule has 0 N–H and O–H groups in total. The number of rotatable bonds is 32. The van der Waals surface area contributed by atoms with Crippen molar-refractivity contribution >= 4 is 5.97 Å². The van der Waals surface area contributed by atoms with Crippen LogP contribution in [0.5, 0.6) is 0 Å². The minimum absolute atomic E-state index is 0.244.